The van der Waals surface area contributed by atoms with Gasteiger partial charge >= 0.3 is 11.9 Å². The highest BCUT2D eigenvalue weighted by Crippen LogP contribution is 2.32. The Bertz CT molecular complexity index is 854. The quantitative estimate of drug-likeness (QED) is 0.384. The molecule has 2 aliphatic rings. The number of ether oxygens (including phenoxy) is 2. The van der Waals surface area contributed by atoms with E-state index >= 15 is 0 Å². The van der Waals surface area contributed by atoms with Crippen molar-refractivity contribution in [2.24, 2.45) is 0 Å². The van der Waals surface area contributed by atoms with Crippen molar-refractivity contribution in [3.63, 3.8) is 0 Å². The molecule has 1 fully saturated rings. The molecule has 2 amide bonds. The zero-order valence-electron chi connectivity index (χ0n) is 17.1. The number of hydrogen-bond acceptors (Lipinski definition) is 8. The normalized spacial score (nSPS) is 23.3. The van der Waals surface area contributed by atoms with Crippen LogP contribution in [0.2, 0.25) is 0 Å². The fraction of sp³-hybridized carbons (Fsp3) is 0.524. The van der Waals surface area contributed by atoms with Crippen molar-refractivity contribution in [1.82, 2.24) is 10.2 Å². The predicted molar refractivity (Wildman–Crippen MR) is 104 cm³/mol. The van der Waals surface area contributed by atoms with Crippen molar-refractivity contribution in [1.29, 1.82) is 0 Å². The molecule has 2 aliphatic heterocycles. The first-order valence-corrected chi connectivity index (χ1v) is 10.0. The van der Waals surface area contributed by atoms with Gasteiger partial charge in [0, 0.05) is 26.9 Å². The Morgan fingerprint density at radius 3 is 2.50 bits per heavy atom. The lowest BCUT2D eigenvalue weighted by Crippen LogP contribution is -2.60. The van der Waals surface area contributed by atoms with Gasteiger partial charge in [0.2, 0.25) is 0 Å². The Hall–Kier alpha value is -2.78. The van der Waals surface area contributed by atoms with Gasteiger partial charge in [-0.2, -0.15) is 0 Å². The summed E-state index contributed by atoms with van der Waals surface area (Å²) in [7, 11) is 0. The van der Waals surface area contributed by atoms with Crippen LogP contribution in [0.1, 0.15) is 65.8 Å². The van der Waals surface area contributed by atoms with E-state index in [1.165, 1.54) is 13.8 Å². The lowest BCUT2D eigenvalue weighted by Gasteiger charge is -2.39. The summed E-state index contributed by atoms with van der Waals surface area (Å²) in [5, 5.41) is 11.9. The molecule has 3 atom stereocenters. The Balaban J connectivity index is 1.86. The Labute approximate surface area is 174 Å². The lowest BCUT2D eigenvalue weighted by atomic mass is 9.98. The van der Waals surface area contributed by atoms with Gasteiger partial charge in [0.05, 0.1) is 17.2 Å². The number of rotatable bonds is 7. The Morgan fingerprint density at radius 2 is 1.83 bits per heavy atom. The SMILES string of the molecule is CC(=O)OC1CCC(N2C(=O)c3cccc(CCCCO)c3C2=O)C(OC(C)=O)N1. The molecule has 1 aromatic rings. The molecule has 162 valence electrons. The van der Waals surface area contributed by atoms with E-state index in [2.05, 4.69) is 5.32 Å². The number of benzene rings is 1. The van der Waals surface area contributed by atoms with Crippen LogP contribution in [0.25, 0.3) is 0 Å². The van der Waals surface area contributed by atoms with E-state index in [1.54, 1.807) is 12.1 Å². The summed E-state index contributed by atoms with van der Waals surface area (Å²) in [4.78, 5) is 50.4. The van der Waals surface area contributed by atoms with Crippen LogP contribution < -0.4 is 5.32 Å². The number of imide groups is 1. The van der Waals surface area contributed by atoms with Gasteiger partial charge in [0.1, 0.15) is 0 Å². The van der Waals surface area contributed by atoms with Crippen LogP contribution in [0, 0.1) is 0 Å². The number of piperidine rings is 1. The number of aliphatic hydroxyl groups excluding tert-OH is 1. The van der Waals surface area contributed by atoms with Gasteiger partial charge in [-0.15, -0.1) is 0 Å². The van der Waals surface area contributed by atoms with Crippen LogP contribution in [0.15, 0.2) is 18.2 Å². The van der Waals surface area contributed by atoms with Crippen molar-refractivity contribution < 1.29 is 33.8 Å². The molecule has 0 spiro atoms. The molecule has 1 aromatic carbocycles. The maximum atomic E-state index is 13.3. The maximum Gasteiger partial charge on any atom is 0.304 e. The third-order valence-electron chi connectivity index (χ3n) is 5.24. The summed E-state index contributed by atoms with van der Waals surface area (Å²) in [6.07, 6.45) is 0.884. The van der Waals surface area contributed by atoms with E-state index in [4.69, 9.17) is 14.6 Å². The van der Waals surface area contributed by atoms with Crippen LogP contribution in [0.5, 0.6) is 0 Å². The van der Waals surface area contributed by atoms with Crippen LogP contribution in [-0.4, -0.2) is 58.9 Å². The third-order valence-corrected chi connectivity index (χ3v) is 5.24. The second-order valence-corrected chi connectivity index (χ2v) is 7.44. The van der Waals surface area contributed by atoms with Gasteiger partial charge in [-0.3, -0.25) is 24.1 Å². The molecule has 0 aromatic heterocycles. The number of aliphatic hydroxyl groups is 1. The molecule has 0 radical (unpaired) electrons. The number of unbranched alkanes of at least 4 members (excludes halogenated alkanes) is 1. The number of hydrogen-bond donors (Lipinski definition) is 2. The maximum absolute atomic E-state index is 13.3. The molecule has 2 N–H and O–H groups in total. The number of esters is 2. The van der Waals surface area contributed by atoms with Crippen LogP contribution in [0.3, 0.4) is 0 Å². The highest BCUT2D eigenvalue weighted by molar-refractivity contribution is 6.22. The number of nitrogens with zero attached hydrogens (tertiary/aromatic N) is 1. The second kappa shape index (κ2) is 9.36. The van der Waals surface area contributed by atoms with Gasteiger partial charge in [0.15, 0.2) is 12.5 Å². The first-order chi connectivity index (χ1) is 14.3. The molecule has 3 rings (SSSR count). The van der Waals surface area contributed by atoms with E-state index in [1.807, 2.05) is 6.07 Å². The summed E-state index contributed by atoms with van der Waals surface area (Å²) in [5.74, 6) is -1.93. The van der Waals surface area contributed by atoms with E-state index in [9.17, 15) is 19.2 Å². The van der Waals surface area contributed by atoms with Crippen molar-refractivity contribution in [2.45, 2.75) is 64.4 Å². The molecule has 0 saturated carbocycles. The minimum Gasteiger partial charge on any atom is -0.447 e. The first kappa shape index (κ1) is 21.9. The molecule has 9 nitrogen and oxygen atoms in total. The van der Waals surface area contributed by atoms with Crippen molar-refractivity contribution in [3.05, 3.63) is 34.9 Å². The van der Waals surface area contributed by atoms with Crippen molar-refractivity contribution in [2.75, 3.05) is 6.61 Å². The standard InChI is InChI=1S/C21H26N2O7/c1-12(25)29-17-10-9-16(19(22-17)30-13(2)26)23-20(27)15-8-5-7-14(6-3-4-11-24)18(15)21(23)28/h5,7-8,16-17,19,22,24H,3-4,6,9-11H2,1-2H3. The average molecular weight is 418 g/mol. The number of fused-ring (bicyclic) bond motifs is 1. The highest BCUT2D eigenvalue weighted by atomic mass is 16.6. The second-order valence-electron chi connectivity index (χ2n) is 7.44. The molecule has 3 unspecified atom stereocenters. The predicted octanol–water partition coefficient (Wildman–Crippen LogP) is 1.13. The largest absolute Gasteiger partial charge is 0.447 e. The van der Waals surface area contributed by atoms with E-state index in [0.717, 1.165) is 10.5 Å². The minimum atomic E-state index is -0.986. The summed E-state index contributed by atoms with van der Waals surface area (Å²) in [6, 6.07) is 4.44. The molecule has 30 heavy (non-hydrogen) atoms. The molecule has 9 heteroatoms. The van der Waals surface area contributed by atoms with Crippen molar-refractivity contribution >= 4 is 23.8 Å². The molecule has 0 aliphatic carbocycles. The molecular weight excluding hydrogens is 392 g/mol. The summed E-state index contributed by atoms with van der Waals surface area (Å²) < 4.78 is 10.5. The molecule has 2 heterocycles. The monoisotopic (exact) mass is 418 g/mol. The molecule has 0 bridgehead atoms. The van der Waals surface area contributed by atoms with E-state index in [-0.39, 0.29) is 6.61 Å². The fourth-order valence-electron chi connectivity index (χ4n) is 4.01. The third kappa shape index (κ3) is 4.52. The number of amides is 2. The number of aryl methyl sites for hydroxylation is 1. The topological polar surface area (TPSA) is 122 Å². The van der Waals surface area contributed by atoms with Gasteiger partial charge in [-0.05, 0) is 37.3 Å². The zero-order chi connectivity index (χ0) is 21.8. The zero-order valence-corrected chi connectivity index (χ0v) is 17.1. The van der Waals surface area contributed by atoms with Crippen LogP contribution >= 0.6 is 0 Å². The van der Waals surface area contributed by atoms with Gasteiger partial charge in [-0.1, -0.05) is 12.1 Å². The van der Waals surface area contributed by atoms with Crippen LogP contribution in [0.4, 0.5) is 0 Å². The van der Waals surface area contributed by atoms with Gasteiger partial charge in [-0.25, -0.2) is 5.32 Å². The summed E-state index contributed by atoms with van der Waals surface area (Å²) in [6.45, 7) is 2.57. The van der Waals surface area contributed by atoms with Crippen LogP contribution in [-0.2, 0) is 25.5 Å². The van der Waals surface area contributed by atoms with E-state index < -0.39 is 42.3 Å². The number of nitrogens with one attached hydrogen (secondary N) is 1. The minimum absolute atomic E-state index is 0.0648. The van der Waals surface area contributed by atoms with E-state index in [0.29, 0.717) is 43.2 Å². The lowest BCUT2D eigenvalue weighted by molar-refractivity contribution is -0.165. The molecular formula is C21H26N2O7. The Kier molecular flexibility index (Phi) is 6.84. The summed E-state index contributed by atoms with van der Waals surface area (Å²) in [5.41, 5.74) is 1.45. The smallest absolute Gasteiger partial charge is 0.304 e. The highest BCUT2D eigenvalue weighted by Gasteiger charge is 2.47. The first-order valence-electron chi connectivity index (χ1n) is 10.0. The summed E-state index contributed by atoms with van der Waals surface area (Å²) >= 11 is 0. The average Bonchev–Trinajstić information content (AvgIpc) is 2.93. The van der Waals surface area contributed by atoms with Crippen molar-refractivity contribution in [3.8, 4) is 0 Å². The number of carbonyl (C=O) groups is 4. The van der Waals surface area contributed by atoms with Gasteiger partial charge < -0.3 is 14.6 Å². The van der Waals surface area contributed by atoms with Gasteiger partial charge in [0.25, 0.3) is 11.8 Å². The number of carbonyl (C=O) groups excluding carboxylic acids is 4. The molecule has 1 saturated heterocycles. The fourth-order valence-corrected chi connectivity index (χ4v) is 4.01. The Morgan fingerprint density at radius 1 is 1.10 bits per heavy atom.